The van der Waals surface area contributed by atoms with Crippen LogP contribution in [-0.2, 0) is 4.79 Å². The van der Waals surface area contributed by atoms with Gasteiger partial charge in [0, 0.05) is 6.42 Å². The zero-order valence-electron chi connectivity index (χ0n) is 10.0. The third-order valence-electron chi connectivity index (χ3n) is 3.63. The topological polar surface area (TPSA) is 37.3 Å². The molecule has 1 saturated carbocycles. The molecule has 2 nitrogen and oxygen atoms in total. The number of aliphatic carboxylic acids is 1. The van der Waals surface area contributed by atoms with Gasteiger partial charge in [-0.2, -0.15) is 13.2 Å². The lowest BCUT2D eigenvalue weighted by atomic mass is 9.78. The summed E-state index contributed by atoms with van der Waals surface area (Å²) in [4.78, 5) is 10.4. The fraction of sp³-hybridized carbons (Fsp3) is 0.917. The van der Waals surface area contributed by atoms with Crippen molar-refractivity contribution in [1.29, 1.82) is 0 Å². The number of rotatable bonds is 5. The van der Waals surface area contributed by atoms with Crippen molar-refractivity contribution < 1.29 is 27.5 Å². The standard InChI is InChI=1S/C12H18F4O2/c13-10(12(14,15)16)7-9-3-1-8(2-4-9)5-6-11(17)18/h8-10H,1-7H2,(H,17,18). The van der Waals surface area contributed by atoms with Gasteiger partial charge in [0.25, 0.3) is 0 Å². The maximum absolute atomic E-state index is 12.8. The first kappa shape index (κ1) is 15.2. The molecule has 1 rings (SSSR count). The van der Waals surface area contributed by atoms with Gasteiger partial charge in [0.1, 0.15) is 0 Å². The molecule has 0 amide bonds. The first-order valence-electron chi connectivity index (χ1n) is 6.21. The van der Waals surface area contributed by atoms with Crippen molar-refractivity contribution >= 4 is 5.97 Å². The molecule has 106 valence electrons. The summed E-state index contributed by atoms with van der Waals surface area (Å²) in [6.07, 6.45) is -4.69. The number of halogens is 4. The highest BCUT2D eigenvalue weighted by Crippen LogP contribution is 2.37. The summed E-state index contributed by atoms with van der Waals surface area (Å²) in [6.45, 7) is 0. The smallest absolute Gasteiger partial charge is 0.419 e. The monoisotopic (exact) mass is 270 g/mol. The third kappa shape index (κ3) is 5.23. The Labute approximate surface area is 103 Å². The quantitative estimate of drug-likeness (QED) is 0.768. The number of hydrogen-bond donors (Lipinski definition) is 1. The van der Waals surface area contributed by atoms with Gasteiger partial charge in [-0.05, 0) is 24.7 Å². The molecular weight excluding hydrogens is 252 g/mol. The SMILES string of the molecule is O=C(O)CCC1CCC(CC(F)C(F)(F)F)CC1. The minimum Gasteiger partial charge on any atom is -0.481 e. The van der Waals surface area contributed by atoms with Crippen LogP contribution in [0.2, 0.25) is 0 Å². The van der Waals surface area contributed by atoms with E-state index in [9.17, 15) is 22.4 Å². The maximum Gasteiger partial charge on any atom is 0.419 e. The molecule has 6 heteroatoms. The zero-order chi connectivity index (χ0) is 13.8. The normalized spacial score (nSPS) is 26.9. The maximum atomic E-state index is 12.8. The third-order valence-corrected chi connectivity index (χ3v) is 3.63. The Morgan fingerprint density at radius 2 is 1.67 bits per heavy atom. The average Bonchev–Trinajstić information content (AvgIpc) is 2.26. The van der Waals surface area contributed by atoms with E-state index < -0.39 is 24.7 Å². The Bertz CT molecular complexity index is 270. The van der Waals surface area contributed by atoms with Gasteiger partial charge in [-0.1, -0.05) is 25.7 Å². The second kappa shape index (κ2) is 6.38. The van der Waals surface area contributed by atoms with Gasteiger partial charge in [0.2, 0.25) is 0 Å². The van der Waals surface area contributed by atoms with Gasteiger partial charge in [-0.25, -0.2) is 4.39 Å². The molecule has 1 aliphatic carbocycles. The molecule has 0 radical (unpaired) electrons. The van der Waals surface area contributed by atoms with Crippen LogP contribution in [0.25, 0.3) is 0 Å². The fourth-order valence-corrected chi connectivity index (χ4v) is 2.51. The first-order chi connectivity index (χ1) is 8.29. The summed E-state index contributed by atoms with van der Waals surface area (Å²) in [7, 11) is 0. The summed E-state index contributed by atoms with van der Waals surface area (Å²) in [6, 6.07) is 0. The molecule has 1 atom stereocenters. The molecule has 1 fully saturated rings. The molecule has 1 aliphatic rings. The molecule has 0 bridgehead atoms. The van der Waals surface area contributed by atoms with Gasteiger partial charge >= 0.3 is 12.1 Å². The van der Waals surface area contributed by atoms with Gasteiger partial charge in [-0.3, -0.25) is 4.79 Å². The van der Waals surface area contributed by atoms with Crippen molar-refractivity contribution in [3.05, 3.63) is 0 Å². The Kier molecular flexibility index (Phi) is 5.41. The summed E-state index contributed by atoms with van der Waals surface area (Å²) >= 11 is 0. The molecule has 0 aromatic carbocycles. The van der Waals surface area contributed by atoms with Crippen molar-refractivity contribution in [3.8, 4) is 0 Å². The highest BCUT2D eigenvalue weighted by atomic mass is 19.4. The number of hydrogen-bond acceptors (Lipinski definition) is 1. The van der Waals surface area contributed by atoms with E-state index in [2.05, 4.69) is 0 Å². The van der Waals surface area contributed by atoms with Crippen LogP contribution in [0.1, 0.15) is 44.9 Å². The van der Waals surface area contributed by atoms with Gasteiger partial charge in [0.05, 0.1) is 0 Å². The molecule has 0 heterocycles. The fourth-order valence-electron chi connectivity index (χ4n) is 2.51. The number of alkyl halides is 4. The van der Waals surface area contributed by atoms with Crippen molar-refractivity contribution in [1.82, 2.24) is 0 Å². The lowest BCUT2D eigenvalue weighted by Gasteiger charge is -2.29. The lowest BCUT2D eigenvalue weighted by Crippen LogP contribution is -2.28. The summed E-state index contributed by atoms with van der Waals surface area (Å²) in [5, 5.41) is 8.53. The Hall–Kier alpha value is -0.810. The molecule has 1 unspecified atom stereocenters. The highest BCUT2D eigenvalue weighted by molar-refractivity contribution is 5.66. The Morgan fingerprint density at radius 3 is 2.11 bits per heavy atom. The largest absolute Gasteiger partial charge is 0.481 e. The van der Waals surface area contributed by atoms with E-state index >= 15 is 0 Å². The summed E-state index contributed by atoms with van der Waals surface area (Å²) in [5.74, 6) is -0.804. The minimum absolute atomic E-state index is 0.101. The van der Waals surface area contributed by atoms with Gasteiger partial charge in [0.15, 0.2) is 6.17 Å². The van der Waals surface area contributed by atoms with Crippen molar-refractivity contribution in [2.75, 3.05) is 0 Å². The summed E-state index contributed by atoms with van der Waals surface area (Å²) < 4.78 is 49.0. The van der Waals surface area contributed by atoms with E-state index in [0.717, 1.165) is 0 Å². The van der Waals surface area contributed by atoms with E-state index in [4.69, 9.17) is 5.11 Å². The van der Waals surface area contributed by atoms with Crippen molar-refractivity contribution in [2.24, 2.45) is 11.8 Å². The van der Waals surface area contributed by atoms with Crippen molar-refractivity contribution in [2.45, 2.75) is 57.3 Å². The van der Waals surface area contributed by atoms with Crippen LogP contribution >= 0.6 is 0 Å². The van der Waals surface area contributed by atoms with Crippen LogP contribution in [0.15, 0.2) is 0 Å². The molecule has 1 N–H and O–H groups in total. The summed E-state index contributed by atoms with van der Waals surface area (Å²) in [5.41, 5.74) is 0. The highest BCUT2D eigenvalue weighted by Gasteiger charge is 2.41. The number of carboxylic acid groups (broad SMARTS) is 1. The van der Waals surface area contributed by atoms with E-state index in [0.29, 0.717) is 32.1 Å². The number of carboxylic acids is 1. The van der Waals surface area contributed by atoms with Crippen molar-refractivity contribution in [3.63, 3.8) is 0 Å². The molecule has 0 aliphatic heterocycles. The molecule has 0 spiro atoms. The lowest BCUT2D eigenvalue weighted by molar-refractivity contribution is -0.185. The predicted molar refractivity (Wildman–Crippen MR) is 57.9 cm³/mol. The van der Waals surface area contributed by atoms with E-state index in [-0.39, 0.29) is 18.3 Å². The molecule has 18 heavy (non-hydrogen) atoms. The van der Waals surface area contributed by atoms with Crippen LogP contribution in [-0.4, -0.2) is 23.4 Å². The molecular formula is C12H18F4O2. The second-order valence-corrected chi connectivity index (χ2v) is 5.06. The van der Waals surface area contributed by atoms with Crippen LogP contribution < -0.4 is 0 Å². The van der Waals surface area contributed by atoms with Crippen LogP contribution in [0.4, 0.5) is 17.6 Å². The average molecular weight is 270 g/mol. The Balaban J connectivity index is 2.25. The van der Waals surface area contributed by atoms with Crippen LogP contribution in [0.3, 0.4) is 0 Å². The molecule has 0 saturated heterocycles. The number of carbonyl (C=O) groups is 1. The van der Waals surface area contributed by atoms with Gasteiger partial charge in [-0.15, -0.1) is 0 Å². The molecule has 0 aromatic rings. The van der Waals surface area contributed by atoms with Crippen LogP contribution in [0.5, 0.6) is 0 Å². The molecule has 0 aromatic heterocycles. The van der Waals surface area contributed by atoms with E-state index in [1.807, 2.05) is 0 Å². The van der Waals surface area contributed by atoms with Crippen LogP contribution in [0, 0.1) is 11.8 Å². The van der Waals surface area contributed by atoms with Gasteiger partial charge < -0.3 is 5.11 Å². The Morgan fingerprint density at radius 1 is 1.17 bits per heavy atom. The second-order valence-electron chi connectivity index (χ2n) is 5.06. The zero-order valence-corrected chi connectivity index (χ0v) is 10.0. The minimum atomic E-state index is -4.75. The van der Waals surface area contributed by atoms with E-state index in [1.165, 1.54) is 0 Å². The first-order valence-corrected chi connectivity index (χ1v) is 6.21. The predicted octanol–water partition coefficient (Wildman–Crippen LogP) is 3.95. The van der Waals surface area contributed by atoms with E-state index in [1.54, 1.807) is 0 Å².